The number of nitrogens with zero attached hydrogens (tertiary/aromatic N) is 1. The van der Waals surface area contributed by atoms with Crippen LogP contribution in [-0.4, -0.2) is 22.6 Å². The Morgan fingerprint density at radius 1 is 0.815 bits per heavy atom. The normalized spacial score (nSPS) is 13.9. The minimum Gasteiger partial charge on any atom is -0.397 e. The van der Waals surface area contributed by atoms with E-state index in [0.29, 0.717) is 23.5 Å². The summed E-state index contributed by atoms with van der Waals surface area (Å²) in [5.41, 5.74) is 18.6. The summed E-state index contributed by atoms with van der Waals surface area (Å²) in [6, 6.07) is 5.49. The Hall–Kier alpha value is -4.15. The Kier molecular flexibility index (Phi) is 4.12. The quantitative estimate of drug-likeness (QED) is 0.202. The summed E-state index contributed by atoms with van der Waals surface area (Å²) < 4.78 is 0. The smallest absolute Gasteiger partial charge is 0.292 e. The summed E-state index contributed by atoms with van der Waals surface area (Å²) in [4.78, 5) is 43.3. The highest BCUT2D eigenvalue weighted by Gasteiger charge is 2.30. The molecule has 27 heavy (non-hydrogen) atoms. The fourth-order valence-electron chi connectivity index (χ4n) is 2.69. The highest BCUT2D eigenvalue weighted by Crippen LogP contribution is 2.28. The molecule has 2 heterocycles. The Morgan fingerprint density at radius 2 is 1.37 bits per heavy atom. The van der Waals surface area contributed by atoms with Crippen LogP contribution in [0, 0.1) is 10.1 Å². The van der Waals surface area contributed by atoms with Crippen molar-refractivity contribution in [1.29, 1.82) is 0 Å². The molecule has 2 aromatic carbocycles. The molecular formula is C16H14N6O5. The summed E-state index contributed by atoms with van der Waals surface area (Å²) in [7, 11) is 0. The number of amides is 3. The van der Waals surface area contributed by atoms with Crippen LogP contribution in [0.1, 0.15) is 36.6 Å². The molecule has 0 aliphatic carbocycles. The molecule has 0 saturated heterocycles. The zero-order valence-corrected chi connectivity index (χ0v) is 13.7. The topological polar surface area (TPSA) is 196 Å². The molecule has 11 heteroatoms. The van der Waals surface area contributed by atoms with Crippen LogP contribution in [0.25, 0.3) is 0 Å². The first-order valence-corrected chi connectivity index (χ1v) is 7.58. The number of hydrogen-bond acceptors (Lipinski definition) is 8. The number of benzene rings is 2. The van der Waals surface area contributed by atoms with E-state index in [1.165, 1.54) is 0 Å². The summed E-state index contributed by atoms with van der Waals surface area (Å²) in [6.45, 7) is 0.554. The molecule has 0 unspecified atom stereocenters. The van der Waals surface area contributed by atoms with Gasteiger partial charge in [-0.05, 0) is 23.8 Å². The van der Waals surface area contributed by atoms with Crippen molar-refractivity contribution < 1.29 is 19.3 Å². The zero-order chi connectivity index (χ0) is 19.9. The first-order chi connectivity index (χ1) is 12.7. The van der Waals surface area contributed by atoms with Gasteiger partial charge in [-0.2, -0.15) is 0 Å². The molecule has 0 bridgehead atoms. The molecule has 138 valence electrons. The van der Waals surface area contributed by atoms with Gasteiger partial charge in [-0.1, -0.05) is 0 Å². The largest absolute Gasteiger partial charge is 0.397 e. The second kappa shape index (κ2) is 6.29. The van der Waals surface area contributed by atoms with E-state index in [1.54, 1.807) is 12.1 Å². The zero-order valence-electron chi connectivity index (χ0n) is 13.7. The van der Waals surface area contributed by atoms with Crippen LogP contribution >= 0.6 is 0 Å². The third-order valence-corrected chi connectivity index (χ3v) is 4.07. The number of hydrogen-bond donors (Lipinski definition) is 5. The second-order valence-electron chi connectivity index (χ2n) is 5.82. The lowest BCUT2D eigenvalue weighted by molar-refractivity contribution is -0.383. The monoisotopic (exact) mass is 370 g/mol. The maximum atomic E-state index is 11.2. The van der Waals surface area contributed by atoms with Gasteiger partial charge in [0, 0.05) is 18.2 Å². The maximum Gasteiger partial charge on any atom is 0.292 e. The molecule has 0 fully saturated rings. The van der Waals surface area contributed by atoms with Gasteiger partial charge in [0.05, 0.1) is 27.4 Å². The molecule has 8 N–H and O–H groups in total. The summed E-state index contributed by atoms with van der Waals surface area (Å²) in [6.07, 6.45) is 0. The molecule has 0 spiro atoms. The third-order valence-electron chi connectivity index (χ3n) is 4.07. The van der Waals surface area contributed by atoms with Gasteiger partial charge in [-0.3, -0.25) is 29.8 Å². The standard InChI is InChI=1S/C8H5N3O4.C8H9N3O/c9-5-1-3-4(2-6(5)11(14)15)8(13)10-7(3)12;9-6-1-4-3-11-8(12)5(4)2-7(6)10/h1-2H,9H2,(H,10,12,13);1-2H,3,9-10H2,(H,11,12). The number of nitrogens with one attached hydrogen (secondary N) is 2. The van der Waals surface area contributed by atoms with E-state index in [0.717, 1.165) is 17.7 Å². The first kappa shape index (κ1) is 17.7. The van der Waals surface area contributed by atoms with Gasteiger partial charge in [0.2, 0.25) is 0 Å². The Labute approximate surface area is 151 Å². The fourth-order valence-corrected chi connectivity index (χ4v) is 2.69. The highest BCUT2D eigenvalue weighted by molar-refractivity contribution is 6.22. The molecular weight excluding hydrogens is 356 g/mol. The molecule has 4 rings (SSSR count). The predicted molar refractivity (Wildman–Crippen MR) is 95.7 cm³/mol. The van der Waals surface area contributed by atoms with Gasteiger partial charge in [0.25, 0.3) is 23.4 Å². The minimum atomic E-state index is -0.703. The first-order valence-electron chi connectivity index (χ1n) is 7.58. The molecule has 0 radical (unpaired) electrons. The van der Waals surface area contributed by atoms with Crippen molar-refractivity contribution in [1.82, 2.24) is 10.6 Å². The van der Waals surface area contributed by atoms with Crippen molar-refractivity contribution in [2.24, 2.45) is 0 Å². The van der Waals surface area contributed by atoms with Crippen molar-refractivity contribution in [2.45, 2.75) is 6.54 Å². The Morgan fingerprint density at radius 3 is 2.00 bits per heavy atom. The van der Waals surface area contributed by atoms with E-state index >= 15 is 0 Å². The van der Waals surface area contributed by atoms with Crippen molar-refractivity contribution in [3.05, 3.63) is 56.6 Å². The second-order valence-corrected chi connectivity index (χ2v) is 5.82. The molecule has 2 aliphatic heterocycles. The van der Waals surface area contributed by atoms with Crippen molar-refractivity contribution >= 4 is 40.5 Å². The summed E-state index contributed by atoms with van der Waals surface area (Å²) >= 11 is 0. The van der Waals surface area contributed by atoms with Gasteiger partial charge in [-0.15, -0.1) is 0 Å². The number of nitrogen functional groups attached to an aromatic ring is 3. The van der Waals surface area contributed by atoms with Gasteiger partial charge in [0.1, 0.15) is 5.69 Å². The number of carbonyl (C=O) groups is 3. The van der Waals surface area contributed by atoms with E-state index in [2.05, 4.69) is 5.32 Å². The minimum absolute atomic E-state index is 0.0131. The third kappa shape index (κ3) is 3.08. The summed E-state index contributed by atoms with van der Waals surface area (Å²) in [5, 5.41) is 15.2. The van der Waals surface area contributed by atoms with E-state index in [4.69, 9.17) is 17.2 Å². The summed E-state index contributed by atoms with van der Waals surface area (Å²) in [5.74, 6) is -1.30. The van der Waals surface area contributed by atoms with Crippen LogP contribution in [0.3, 0.4) is 0 Å². The highest BCUT2D eigenvalue weighted by atomic mass is 16.6. The number of nitrogens with two attached hydrogens (primary N) is 3. The van der Waals surface area contributed by atoms with Crippen molar-refractivity contribution in [3.63, 3.8) is 0 Å². The van der Waals surface area contributed by atoms with Gasteiger partial charge >= 0.3 is 0 Å². The lowest BCUT2D eigenvalue weighted by atomic mass is 10.1. The molecule has 0 atom stereocenters. The molecule has 3 amide bonds. The number of carbonyl (C=O) groups excluding carboxylic acids is 3. The maximum absolute atomic E-state index is 11.2. The molecule has 2 aliphatic rings. The molecule has 11 nitrogen and oxygen atoms in total. The number of nitro benzene ring substituents is 1. The number of fused-ring (bicyclic) bond motifs is 2. The molecule has 0 aromatic heterocycles. The number of imide groups is 1. The van der Waals surface area contributed by atoms with Crippen molar-refractivity contribution in [2.75, 3.05) is 17.2 Å². The van der Waals surface area contributed by atoms with Crippen LogP contribution in [-0.2, 0) is 6.54 Å². The average Bonchev–Trinajstić information content (AvgIpc) is 3.08. The van der Waals surface area contributed by atoms with Gasteiger partial charge < -0.3 is 22.5 Å². The van der Waals surface area contributed by atoms with Crippen LogP contribution in [0.15, 0.2) is 24.3 Å². The van der Waals surface area contributed by atoms with Gasteiger partial charge in [-0.25, -0.2) is 0 Å². The van der Waals surface area contributed by atoms with Crippen molar-refractivity contribution in [3.8, 4) is 0 Å². The molecule has 0 saturated carbocycles. The number of anilines is 3. The van der Waals surface area contributed by atoms with Crippen LogP contribution in [0.5, 0.6) is 0 Å². The van der Waals surface area contributed by atoms with E-state index < -0.39 is 16.7 Å². The average molecular weight is 370 g/mol. The van der Waals surface area contributed by atoms with Gasteiger partial charge in [0.15, 0.2) is 0 Å². The fraction of sp³-hybridized carbons (Fsp3) is 0.0625. The lowest BCUT2D eigenvalue weighted by Gasteiger charge is -2.01. The Bertz CT molecular complexity index is 1030. The predicted octanol–water partition coefficient (Wildman–Crippen LogP) is 0.155. The Balaban J connectivity index is 0.000000159. The van der Waals surface area contributed by atoms with Crippen LogP contribution in [0.4, 0.5) is 22.7 Å². The van der Waals surface area contributed by atoms with Crippen LogP contribution < -0.4 is 27.8 Å². The van der Waals surface area contributed by atoms with E-state index in [-0.39, 0.29) is 28.4 Å². The van der Waals surface area contributed by atoms with E-state index in [1.807, 2.05) is 5.32 Å². The number of rotatable bonds is 1. The van der Waals surface area contributed by atoms with Crippen LogP contribution in [0.2, 0.25) is 0 Å². The molecule has 2 aromatic rings. The SMILES string of the molecule is Nc1cc2c(cc1N)C(=O)NC2.Nc1cc2c(cc1[N+](=O)[O-])C(=O)NC2=O. The number of nitro groups is 1. The van der Waals surface area contributed by atoms with E-state index in [9.17, 15) is 24.5 Å². The lowest BCUT2D eigenvalue weighted by Crippen LogP contribution is -2.19.